The Morgan fingerprint density at radius 2 is 2.35 bits per heavy atom. The van der Waals surface area contributed by atoms with Crippen LogP contribution in [0.4, 0.5) is 0 Å². The largest absolute Gasteiger partial charge is 0.459 e. The molecule has 1 aliphatic rings. The molecule has 1 aromatic rings. The van der Waals surface area contributed by atoms with E-state index in [1.54, 1.807) is 24.3 Å². The van der Waals surface area contributed by atoms with Crippen molar-refractivity contribution in [2.24, 2.45) is 0 Å². The van der Waals surface area contributed by atoms with Crippen molar-refractivity contribution in [1.29, 1.82) is 0 Å². The summed E-state index contributed by atoms with van der Waals surface area (Å²) in [5.41, 5.74) is 0.480. The maximum atomic E-state index is 11.7. The Hall–Kier alpha value is -1.06. The van der Waals surface area contributed by atoms with Crippen molar-refractivity contribution in [3.05, 3.63) is 34.9 Å². The molecule has 3 nitrogen and oxygen atoms in total. The van der Waals surface area contributed by atoms with Crippen molar-refractivity contribution < 1.29 is 14.3 Å². The molecule has 0 aliphatic carbocycles. The number of halogens is 1. The predicted octanol–water partition coefficient (Wildman–Crippen LogP) is 3.07. The van der Waals surface area contributed by atoms with E-state index in [0.717, 1.165) is 25.9 Å². The van der Waals surface area contributed by atoms with Crippen LogP contribution in [-0.2, 0) is 9.47 Å². The molecular formula is C13H15ClO3. The highest BCUT2D eigenvalue weighted by Crippen LogP contribution is 2.15. The Kier molecular flexibility index (Phi) is 4.40. The van der Waals surface area contributed by atoms with E-state index >= 15 is 0 Å². The molecule has 0 radical (unpaired) electrons. The second-order valence-corrected chi connectivity index (χ2v) is 4.53. The summed E-state index contributed by atoms with van der Waals surface area (Å²) in [4.78, 5) is 11.7. The van der Waals surface area contributed by atoms with E-state index in [-0.39, 0.29) is 12.1 Å². The maximum Gasteiger partial charge on any atom is 0.338 e. The summed E-state index contributed by atoms with van der Waals surface area (Å²) in [6.07, 6.45) is 3.24. The number of hydrogen-bond acceptors (Lipinski definition) is 3. The third-order valence-corrected chi connectivity index (χ3v) is 2.97. The number of hydrogen-bond donors (Lipinski definition) is 0. The van der Waals surface area contributed by atoms with Crippen molar-refractivity contribution in [1.82, 2.24) is 0 Å². The van der Waals surface area contributed by atoms with Crippen molar-refractivity contribution in [2.75, 3.05) is 13.2 Å². The van der Waals surface area contributed by atoms with Gasteiger partial charge >= 0.3 is 5.97 Å². The average Bonchev–Trinajstić information content (AvgIpc) is 2.37. The number of ether oxygens (including phenoxy) is 2. The van der Waals surface area contributed by atoms with Crippen molar-refractivity contribution >= 4 is 17.6 Å². The fraction of sp³-hybridized carbons (Fsp3) is 0.462. The Morgan fingerprint density at radius 3 is 3.06 bits per heavy atom. The van der Waals surface area contributed by atoms with Crippen LogP contribution in [0.25, 0.3) is 0 Å². The molecule has 1 fully saturated rings. The van der Waals surface area contributed by atoms with Gasteiger partial charge in [-0.15, -0.1) is 0 Å². The molecule has 1 unspecified atom stereocenters. The van der Waals surface area contributed by atoms with E-state index < -0.39 is 0 Å². The van der Waals surface area contributed by atoms with Crippen molar-refractivity contribution in [3.8, 4) is 0 Å². The van der Waals surface area contributed by atoms with Crippen LogP contribution in [0.3, 0.4) is 0 Å². The summed E-state index contributed by atoms with van der Waals surface area (Å²) in [6, 6.07) is 6.75. The molecule has 0 N–H and O–H groups in total. The van der Waals surface area contributed by atoms with Crippen LogP contribution in [0.15, 0.2) is 24.3 Å². The summed E-state index contributed by atoms with van der Waals surface area (Å²) in [5, 5.41) is 0.536. The van der Waals surface area contributed by atoms with Gasteiger partial charge in [-0.1, -0.05) is 17.7 Å². The number of carbonyl (C=O) groups excluding carboxylic acids is 1. The first-order valence-electron chi connectivity index (χ1n) is 5.80. The fourth-order valence-corrected chi connectivity index (χ4v) is 2.00. The molecule has 1 aliphatic heterocycles. The summed E-state index contributed by atoms with van der Waals surface area (Å²) < 4.78 is 10.7. The molecule has 4 heteroatoms. The SMILES string of the molecule is O=C(OCC1CCCCO1)c1cccc(Cl)c1. The second-order valence-electron chi connectivity index (χ2n) is 4.10. The quantitative estimate of drug-likeness (QED) is 0.778. The first-order chi connectivity index (χ1) is 8.25. The van der Waals surface area contributed by atoms with Gasteiger partial charge in [-0.05, 0) is 37.5 Å². The highest BCUT2D eigenvalue weighted by molar-refractivity contribution is 6.30. The zero-order valence-corrected chi connectivity index (χ0v) is 10.3. The maximum absolute atomic E-state index is 11.7. The molecule has 0 amide bonds. The molecule has 1 saturated heterocycles. The van der Waals surface area contributed by atoms with E-state index in [1.807, 2.05) is 0 Å². The first kappa shape index (κ1) is 12.4. The van der Waals surface area contributed by atoms with Crippen molar-refractivity contribution in [2.45, 2.75) is 25.4 Å². The van der Waals surface area contributed by atoms with E-state index in [2.05, 4.69) is 0 Å². The lowest BCUT2D eigenvalue weighted by Gasteiger charge is -2.22. The van der Waals surface area contributed by atoms with Crippen LogP contribution in [0.5, 0.6) is 0 Å². The van der Waals surface area contributed by atoms with E-state index in [9.17, 15) is 4.79 Å². The molecule has 1 heterocycles. The molecule has 1 atom stereocenters. The molecule has 2 rings (SSSR count). The highest BCUT2D eigenvalue weighted by Gasteiger charge is 2.16. The summed E-state index contributed by atoms with van der Waals surface area (Å²) in [6.45, 7) is 1.09. The van der Waals surface area contributed by atoms with E-state index in [1.165, 1.54) is 0 Å². The van der Waals surface area contributed by atoms with Crippen LogP contribution in [0, 0.1) is 0 Å². The third-order valence-electron chi connectivity index (χ3n) is 2.73. The standard InChI is InChI=1S/C13H15ClO3/c14-11-5-3-4-10(8-11)13(15)17-9-12-6-1-2-7-16-12/h3-5,8,12H,1-2,6-7,9H2. The minimum atomic E-state index is -0.346. The van der Waals surface area contributed by atoms with Gasteiger partial charge in [0.2, 0.25) is 0 Å². The predicted molar refractivity (Wildman–Crippen MR) is 65.3 cm³/mol. The van der Waals surface area contributed by atoms with Crippen LogP contribution >= 0.6 is 11.6 Å². The Morgan fingerprint density at radius 1 is 1.47 bits per heavy atom. The average molecular weight is 255 g/mol. The zero-order chi connectivity index (χ0) is 12.1. The minimum absolute atomic E-state index is 0.0480. The number of benzene rings is 1. The van der Waals surface area contributed by atoms with E-state index in [0.29, 0.717) is 17.2 Å². The van der Waals surface area contributed by atoms with Crippen LogP contribution in [0.1, 0.15) is 29.6 Å². The van der Waals surface area contributed by atoms with Crippen molar-refractivity contribution in [3.63, 3.8) is 0 Å². The van der Waals surface area contributed by atoms with Gasteiger partial charge in [0, 0.05) is 11.6 Å². The molecule has 0 aromatic heterocycles. The Balaban J connectivity index is 1.84. The van der Waals surface area contributed by atoms with E-state index in [4.69, 9.17) is 21.1 Å². The van der Waals surface area contributed by atoms with Gasteiger partial charge in [0.1, 0.15) is 6.61 Å². The summed E-state index contributed by atoms with van der Waals surface area (Å²) >= 11 is 5.81. The van der Waals surface area contributed by atoms with Gasteiger partial charge in [0.15, 0.2) is 0 Å². The van der Waals surface area contributed by atoms with Crippen LogP contribution in [0.2, 0.25) is 5.02 Å². The second kappa shape index (κ2) is 6.03. The molecule has 92 valence electrons. The molecule has 0 saturated carbocycles. The number of carbonyl (C=O) groups is 1. The molecule has 0 bridgehead atoms. The smallest absolute Gasteiger partial charge is 0.338 e. The van der Waals surface area contributed by atoms with Crippen LogP contribution in [-0.4, -0.2) is 25.3 Å². The monoisotopic (exact) mass is 254 g/mol. The first-order valence-corrected chi connectivity index (χ1v) is 6.18. The molecule has 1 aromatic carbocycles. The normalized spacial score (nSPS) is 19.9. The summed E-state index contributed by atoms with van der Waals surface area (Å²) in [7, 11) is 0. The lowest BCUT2D eigenvalue weighted by Crippen LogP contribution is -2.25. The third kappa shape index (κ3) is 3.72. The van der Waals surface area contributed by atoms with Gasteiger partial charge < -0.3 is 9.47 Å². The topological polar surface area (TPSA) is 35.5 Å². The Bertz CT molecular complexity index is 386. The fourth-order valence-electron chi connectivity index (χ4n) is 1.81. The zero-order valence-electron chi connectivity index (χ0n) is 9.52. The highest BCUT2D eigenvalue weighted by atomic mass is 35.5. The lowest BCUT2D eigenvalue weighted by atomic mass is 10.1. The number of esters is 1. The Labute approximate surface area is 106 Å². The molecule has 0 spiro atoms. The summed E-state index contributed by atoms with van der Waals surface area (Å²) in [5.74, 6) is -0.346. The minimum Gasteiger partial charge on any atom is -0.459 e. The van der Waals surface area contributed by atoms with Gasteiger partial charge in [0.05, 0.1) is 11.7 Å². The van der Waals surface area contributed by atoms with Gasteiger partial charge in [0.25, 0.3) is 0 Å². The lowest BCUT2D eigenvalue weighted by molar-refractivity contribution is -0.0300. The van der Waals surface area contributed by atoms with Gasteiger partial charge in [-0.3, -0.25) is 0 Å². The van der Waals surface area contributed by atoms with Gasteiger partial charge in [-0.25, -0.2) is 4.79 Å². The van der Waals surface area contributed by atoms with Crippen LogP contribution < -0.4 is 0 Å². The molecular weight excluding hydrogens is 240 g/mol. The molecule has 17 heavy (non-hydrogen) atoms. The number of rotatable bonds is 3. The van der Waals surface area contributed by atoms with Gasteiger partial charge in [-0.2, -0.15) is 0 Å².